The zero-order valence-corrected chi connectivity index (χ0v) is 15.4. The van der Waals surface area contributed by atoms with Crippen LogP contribution in [0.4, 0.5) is 4.79 Å². The summed E-state index contributed by atoms with van der Waals surface area (Å²) in [7, 11) is 0. The molecule has 1 saturated heterocycles. The van der Waals surface area contributed by atoms with E-state index in [1.54, 1.807) is 12.4 Å². The molecule has 26 heavy (non-hydrogen) atoms. The van der Waals surface area contributed by atoms with Gasteiger partial charge < -0.3 is 15.0 Å². The number of piperazine rings is 1. The normalized spacial score (nSPS) is 14.9. The van der Waals surface area contributed by atoms with Crippen molar-refractivity contribution in [2.45, 2.75) is 6.54 Å². The number of para-hydroxylation sites is 1. The number of nitrogens with one attached hydrogen (secondary N) is 1. The third-order valence-electron chi connectivity index (χ3n) is 4.35. The summed E-state index contributed by atoms with van der Waals surface area (Å²) < 4.78 is 5.73. The van der Waals surface area contributed by atoms with Crippen LogP contribution in [0.5, 0.6) is 5.75 Å². The van der Waals surface area contributed by atoms with Crippen LogP contribution in [-0.4, -0.2) is 60.1 Å². The number of hydrogen-bond acceptors (Lipinski definition) is 4. The summed E-state index contributed by atoms with van der Waals surface area (Å²) in [5.74, 6) is 0.711. The molecule has 2 heterocycles. The van der Waals surface area contributed by atoms with Crippen molar-refractivity contribution >= 4 is 17.6 Å². The van der Waals surface area contributed by atoms with E-state index >= 15 is 0 Å². The van der Waals surface area contributed by atoms with Crippen molar-refractivity contribution in [2.75, 3.05) is 39.3 Å². The van der Waals surface area contributed by atoms with Crippen LogP contribution in [0.2, 0.25) is 5.02 Å². The number of aromatic nitrogens is 1. The summed E-state index contributed by atoms with van der Waals surface area (Å²) in [6.07, 6.45) is 3.45. The smallest absolute Gasteiger partial charge is 0.317 e. The Morgan fingerprint density at radius 3 is 2.58 bits per heavy atom. The van der Waals surface area contributed by atoms with Gasteiger partial charge in [0.2, 0.25) is 0 Å². The molecule has 1 fully saturated rings. The number of amides is 2. The van der Waals surface area contributed by atoms with Gasteiger partial charge in [-0.2, -0.15) is 0 Å². The summed E-state index contributed by atoms with van der Waals surface area (Å²) in [4.78, 5) is 20.4. The largest absolute Gasteiger partial charge is 0.491 e. The zero-order chi connectivity index (χ0) is 18.2. The Labute approximate surface area is 158 Å². The molecule has 1 aliphatic heterocycles. The topological polar surface area (TPSA) is 57.7 Å². The first-order valence-electron chi connectivity index (χ1n) is 8.74. The van der Waals surface area contributed by atoms with Gasteiger partial charge in [0.1, 0.15) is 12.4 Å². The number of halogens is 1. The monoisotopic (exact) mass is 374 g/mol. The highest BCUT2D eigenvalue weighted by Crippen LogP contribution is 2.22. The first-order valence-corrected chi connectivity index (χ1v) is 9.11. The summed E-state index contributed by atoms with van der Waals surface area (Å²) in [5, 5.41) is 3.58. The van der Waals surface area contributed by atoms with Crippen LogP contribution in [0.15, 0.2) is 48.8 Å². The van der Waals surface area contributed by atoms with E-state index in [0.717, 1.165) is 25.2 Å². The number of ether oxygens (including phenoxy) is 1. The molecule has 7 heteroatoms. The first-order chi connectivity index (χ1) is 12.7. The van der Waals surface area contributed by atoms with Crippen molar-refractivity contribution in [1.82, 2.24) is 20.1 Å². The zero-order valence-electron chi connectivity index (χ0n) is 14.6. The van der Waals surface area contributed by atoms with Crippen molar-refractivity contribution in [3.05, 3.63) is 59.4 Å². The minimum atomic E-state index is -0.0196. The molecular weight excluding hydrogens is 352 g/mol. The molecule has 1 aliphatic rings. The van der Waals surface area contributed by atoms with Crippen molar-refractivity contribution in [3.8, 4) is 5.75 Å². The number of pyridine rings is 1. The average Bonchev–Trinajstić information content (AvgIpc) is 2.69. The lowest BCUT2D eigenvalue weighted by molar-refractivity contribution is 0.126. The number of rotatable bonds is 6. The molecule has 0 aliphatic carbocycles. The predicted molar refractivity (Wildman–Crippen MR) is 101 cm³/mol. The van der Waals surface area contributed by atoms with Crippen molar-refractivity contribution < 1.29 is 9.53 Å². The van der Waals surface area contributed by atoms with E-state index in [1.165, 1.54) is 0 Å². The molecule has 0 atom stereocenters. The van der Waals surface area contributed by atoms with Gasteiger partial charge in [-0.3, -0.25) is 9.88 Å². The molecule has 6 nitrogen and oxygen atoms in total. The molecule has 0 radical (unpaired) electrons. The van der Waals surface area contributed by atoms with Crippen LogP contribution in [0.1, 0.15) is 5.56 Å². The maximum Gasteiger partial charge on any atom is 0.317 e. The second-order valence-electron chi connectivity index (χ2n) is 6.12. The van der Waals surface area contributed by atoms with Crippen LogP contribution in [0.25, 0.3) is 0 Å². The van der Waals surface area contributed by atoms with Crippen molar-refractivity contribution in [3.63, 3.8) is 0 Å². The number of nitrogens with zero attached hydrogens (tertiary/aromatic N) is 3. The fraction of sp³-hybridized carbons (Fsp3) is 0.368. The van der Waals surface area contributed by atoms with Crippen LogP contribution in [-0.2, 0) is 6.54 Å². The number of carbonyl (C=O) groups is 1. The summed E-state index contributed by atoms with van der Waals surface area (Å²) in [6, 6.07) is 11.3. The second-order valence-corrected chi connectivity index (χ2v) is 6.53. The van der Waals surface area contributed by atoms with E-state index in [2.05, 4.69) is 15.2 Å². The maximum absolute atomic E-state index is 12.3. The van der Waals surface area contributed by atoms with Gasteiger partial charge in [0.25, 0.3) is 0 Å². The Balaban J connectivity index is 1.34. The SMILES string of the molecule is O=C(NCc1ccncc1)N1CCN(CCOc2ccccc2Cl)CC1. The maximum atomic E-state index is 12.3. The molecular formula is C19H23ClN4O2. The summed E-state index contributed by atoms with van der Waals surface area (Å²) in [5.41, 5.74) is 1.05. The fourth-order valence-electron chi connectivity index (χ4n) is 2.81. The van der Waals surface area contributed by atoms with Crippen LogP contribution in [0.3, 0.4) is 0 Å². The molecule has 1 N–H and O–H groups in total. The quantitative estimate of drug-likeness (QED) is 0.844. The minimum absolute atomic E-state index is 0.0196. The first kappa shape index (κ1) is 18.5. The number of hydrogen-bond donors (Lipinski definition) is 1. The van der Waals surface area contributed by atoms with Crippen LogP contribution >= 0.6 is 11.6 Å². The molecule has 138 valence electrons. The van der Waals surface area contributed by atoms with Gasteiger partial charge in [-0.15, -0.1) is 0 Å². The molecule has 0 saturated carbocycles. The number of urea groups is 1. The van der Waals surface area contributed by atoms with E-state index in [4.69, 9.17) is 16.3 Å². The Morgan fingerprint density at radius 1 is 1.12 bits per heavy atom. The van der Waals surface area contributed by atoms with Crippen molar-refractivity contribution in [1.29, 1.82) is 0 Å². The Bertz CT molecular complexity index is 706. The molecule has 0 bridgehead atoms. The van der Waals surface area contributed by atoms with Gasteiger partial charge in [-0.1, -0.05) is 23.7 Å². The third kappa shape index (κ3) is 5.34. The lowest BCUT2D eigenvalue weighted by atomic mass is 10.3. The fourth-order valence-corrected chi connectivity index (χ4v) is 3.00. The van der Waals surface area contributed by atoms with Gasteiger partial charge in [0.05, 0.1) is 5.02 Å². The standard InChI is InChI=1S/C19H23ClN4O2/c20-17-3-1-2-4-18(17)26-14-13-23-9-11-24(12-10-23)19(25)22-15-16-5-7-21-8-6-16/h1-8H,9-15H2,(H,22,25). The summed E-state index contributed by atoms with van der Waals surface area (Å²) in [6.45, 7) is 5.04. The number of carbonyl (C=O) groups excluding carboxylic acids is 1. The average molecular weight is 375 g/mol. The van der Waals surface area contributed by atoms with Crippen molar-refractivity contribution in [2.24, 2.45) is 0 Å². The molecule has 2 aromatic rings. The van der Waals surface area contributed by atoms with E-state index in [9.17, 15) is 4.79 Å². The second kappa shape index (κ2) is 9.40. The van der Waals surface area contributed by atoms with E-state index in [1.807, 2.05) is 41.3 Å². The number of benzene rings is 1. The van der Waals surface area contributed by atoms with E-state index < -0.39 is 0 Å². The molecule has 0 unspecified atom stereocenters. The highest BCUT2D eigenvalue weighted by Gasteiger charge is 2.20. The molecule has 2 amide bonds. The Morgan fingerprint density at radius 2 is 1.85 bits per heavy atom. The Hall–Kier alpha value is -2.31. The van der Waals surface area contributed by atoms with Crippen LogP contribution in [0, 0.1) is 0 Å². The lowest BCUT2D eigenvalue weighted by Gasteiger charge is -2.34. The third-order valence-corrected chi connectivity index (χ3v) is 4.67. The lowest BCUT2D eigenvalue weighted by Crippen LogP contribution is -2.52. The minimum Gasteiger partial charge on any atom is -0.491 e. The predicted octanol–water partition coefficient (Wildman–Crippen LogP) is 2.64. The van der Waals surface area contributed by atoms with E-state index in [0.29, 0.717) is 37.0 Å². The molecule has 1 aromatic carbocycles. The van der Waals surface area contributed by atoms with Gasteiger partial charge in [0, 0.05) is 51.7 Å². The van der Waals surface area contributed by atoms with Gasteiger partial charge in [0.15, 0.2) is 0 Å². The van der Waals surface area contributed by atoms with Gasteiger partial charge in [-0.05, 0) is 29.8 Å². The van der Waals surface area contributed by atoms with Gasteiger partial charge in [-0.25, -0.2) is 4.79 Å². The van der Waals surface area contributed by atoms with E-state index in [-0.39, 0.29) is 6.03 Å². The molecule has 0 spiro atoms. The van der Waals surface area contributed by atoms with Gasteiger partial charge >= 0.3 is 6.03 Å². The molecule has 3 rings (SSSR count). The Kier molecular flexibility index (Phi) is 6.68. The summed E-state index contributed by atoms with van der Waals surface area (Å²) >= 11 is 6.08. The molecule has 1 aromatic heterocycles. The van der Waals surface area contributed by atoms with Crippen LogP contribution < -0.4 is 10.1 Å². The highest BCUT2D eigenvalue weighted by molar-refractivity contribution is 6.32. The highest BCUT2D eigenvalue weighted by atomic mass is 35.5.